The number of ether oxygens (including phenoxy) is 1. The van der Waals surface area contributed by atoms with Crippen molar-refractivity contribution < 1.29 is 9.53 Å². The molecule has 1 aliphatic carbocycles. The van der Waals surface area contributed by atoms with Gasteiger partial charge in [0, 0.05) is 38.3 Å². The highest BCUT2D eigenvalue weighted by Crippen LogP contribution is 2.40. The Hall–Kier alpha value is -2.68. The van der Waals surface area contributed by atoms with Gasteiger partial charge in [-0.3, -0.25) is 9.69 Å². The highest BCUT2D eigenvalue weighted by Gasteiger charge is 2.35. The molecule has 4 rings (SSSR count). The molecule has 2 aliphatic heterocycles. The van der Waals surface area contributed by atoms with Gasteiger partial charge in [0.15, 0.2) is 5.78 Å². The molecule has 0 radical (unpaired) electrons. The molecule has 0 N–H and O–H groups in total. The normalized spacial score (nSPS) is 23.9. The van der Waals surface area contributed by atoms with Gasteiger partial charge in [-0.25, -0.2) is 0 Å². The molecular formula is C21H21N3O2. The smallest absolute Gasteiger partial charge is 0.158 e. The Morgan fingerprint density at radius 1 is 1.19 bits per heavy atom. The molecule has 0 aromatic heterocycles. The van der Waals surface area contributed by atoms with Crippen LogP contribution in [-0.2, 0) is 9.53 Å². The zero-order valence-electron chi connectivity index (χ0n) is 14.8. The van der Waals surface area contributed by atoms with E-state index in [0.29, 0.717) is 25.3 Å². The van der Waals surface area contributed by atoms with Crippen molar-refractivity contribution >= 4 is 11.4 Å². The fourth-order valence-corrected chi connectivity index (χ4v) is 3.90. The number of nitriles is 1. The summed E-state index contributed by atoms with van der Waals surface area (Å²) in [5, 5.41) is 9.75. The van der Waals surface area contributed by atoms with E-state index in [1.165, 1.54) is 0 Å². The molecule has 1 atom stereocenters. The van der Waals surface area contributed by atoms with Gasteiger partial charge in [-0.1, -0.05) is 36.4 Å². The Bertz CT molecular complexity index is 855. The van der Waals surface area contributed by atoms with Crippen LogP contribution in [0.25, 0.3) is 5.57 Å². The summed E-state index contributed by atoms with van der Waals surface area (Å²) >= 11 is 0. The quantitative estimate of drug-likeness (QED) is 0.822. The van der Waals surface area contributed by atoms with Crippen LogP contribution in [0.5, 0.6) is 0 Å². The molecule has 5 nitrogen and oxygen atoms in total. The van der Waals surface area contributed by atoms with Gasteiger partial charge < -0.3 is 9.64 Å². The van der Waals surface area contributed by atoms with Crippen LogP contribution in [0.1, 0.15) is 12.0 Å². The maximum atomic E-state index is 12.8. The zero-order valence-corrected chi connectivity index (χ0v) is 14.8. The molecule has 132 valence electrons. The maximum absolute atomic E-state index is 12.8. The number of Topliss-reactive ketones (excluding diaryl/α,β-unsaturated/α-hetero) is 1. The lowest BCUT2D eigenvalue weighted by atomic mass is 9.80. The van der Waals surface area contributed by atoms with Crippen molar-refractivity contribution in [1.29, 1.82) is 5.26 Å². The van der Waals surface area contributed by atoms with Crippen molar-refractivity contribution in [1.82, 2.24) is 9.80 Å². The average molecular weight is 347 g/mol. The number of morpholine rings is 1. The molecular weight excluding hydrogens is 326 g/mol. The van der Waals surface area contributed by atoms with Crippen LogP contribution >= 0.6 is 0 Å². The first-order chi connectivity index (χ1) is 12.7. The van der Waals surface area contributed by atoms with Crippen LogP contribution in [0.3, 0.4) is 0 Å². The monoisotopic (exact) mass is 347 g/mol. The third-order valence-corrected chi connectivity index (χ3v) is 5.18. The minimum atomic E-state index is -0.242. The third kappa shape index (κ3) is 2.88. The van der Waals surface area contributed by atoms with E-state index in [-0.39, 0.29) is 11.8 Å². The minimum Gasteiger partial charge on any atom is -0.379 e. The molecule has 1 fully saturated rings. The van der Waals surface area contributed by atoms with Gasteiger partial charge in [-0.2, -0.15) is 5.26 Å². The van der Waals surface area contributed by atoms with Crippen LogP contribution in [0, 0.1) is 11.3 Å². The average Bonchev–Trinajstić information content (AvgIpc) is 2.68. The van der Waals surface area contributed by atoms with Crippen molar-refractivity contribution in [3.05, 3.63) is 65.0 Å². The second-order valence-corrected chi connectivity index (χ2v) is 6.78. The third-order valence-electron chi connectivity index (χ3n) is 5.18. The first-order valence-electron chi connectivity index (χ1n) is 8.89. The van der Waals surface area contributed by atoms with Gasteiger partial charge in [-0.15, -0.1) is 0 Å². The summed E-state index contributed by atoms with van der Waals surface area (Å²) in [6, 6.07) is 12.1. The molecule has 26 heavy (non-hydrogen) atoms. The fourth-order valence-electron chi connectivity index (χ4n) is 3.90. The number of hydrogen-bond donors (Lipinski definition) is 0. The Balaban J connectivity index is 1.83. The topological polar surface area (TPSA) is 56.6 Å². The molecule has 1 unspecified atom stereocenters. The lowest BCUT2D eigenvalue weighted by molar-refractivity contribution is -0.123. The molecule has 1 aromatic rings. The van der Waals surface area contributed by atoms with E-state index in [0.717, 1.165) is 35.4 Å². The summed E-state index contributed by atoms with van der Waals surface area (Å²) in [7, 11) is 1.86. The molecule has 1 aromatic carbocycles. The van der Waals surface area contributed by atoms with E-state index in [1.807, 2.05) is 48.5 Å². The number of benzene rings is 1. The second kappa shape index (κ2) is 6.91. The van der Waals surface area contributed by atoms with Crippen LogP contribution in [0.15, 0.2) is 59.5 Å². The Labute approximate surface area is 153 Å². The van der Waals surface area contributed by atoms with Gasteiger partial charge in [0.1, 0.15) is 11.8 Å². The summed E-state index contributed by atoms with van der Waals surface area (Å²) in [6.45, 7) is 2.83. The molecule has 0 spiro atoms. The molecule has 2 heterocycles. The lowest BCUT2D eigenvalue weighted by Crippen LogP contribution is -2.48. The second-order valence-electron chi connectivity index (χ2n) is 6.78. The Morgan fingerprint density at radius 2 is 1.92 bits per heavy atom. The number of ketones is 1. The Kier molecular flexibility index (Phi) is 4.46. The van der Waals surface area contributed by atoms with Gasteiger partial charge in [0.25, 0.3) is 0 Å². The summed E-state index contributed by atoms with van der Waals surface area (Å²) in [6.07, 6.45) is 4.37. The van der Waals surface area contributed by atoms with Crippen molar-refractivity contribution in [3.8, 4) is 6.07 Å². The van der Waals surface area contributed by atoms with Crippen LogP contribution in [0.4, 0.5) is 0 Å². The molecule has 1 saturated heterocycles. The number of carbonyl (C=O) groups is 1. The summed E-state index contributed by atoms with van der Waals surface area (Å²) in [5.41, 5.74) is 4.53. The minimum absolute atomic E-state index is 0.211. The summed E-state index contributed by atoms with van der Waals surface area (Å²) in [5.74, 6) is 0.211. The van der Waals surface area contributed by atoms with Crippen molar-refractivity contribution in [3.63, 3.8) is 0 Å². The van der Waals surface area contributed by atoms with Crippen molar-refractivity contribution in [2.24, 2.45) is 0 Å². The molecule has 0 saturated carbocycles. The number of hydrogen-bond acceptors (Lipinski definition) is 5. The SMILES string of the molecule is CN1C=C2CC(=O)C(N3CCOCC3)C=C2C(c2ccccc2)=C1C#N. The first kappa shape index (κ1) is 16.8. The van der Waals surface area contributed by atoms with E-state index >= 15 is 0 Å². The van der Waals surface area contributed by atoms with Crippen LogP contribution in [0.2, 0.25) is 0 Å². The number of carbonyl (C=O) groups excluding carboxylic acids is 1. The highest BCUT2D eigenvalue weighted by molar-refractivity contribution is 5.98. The van der Waals surface area contributed by atoms with Gasteiger partial charge in [0.05, 0.1) is 19.3 Å². The standard InChI is InChI=1S/C21H21N3O2/c1-23-14-16-11-20(25)18(24-7-9-26-10-8-24)12-17(16)21(19(23)13-22)15-5-3-2-4-6-15/h2-6,12,14,18H,7-11H2,1H3. The summed E-state index contributed by atoms with van der Waals surface area (Å²) in [4.78, 5) is 16.8. The summed E-state index contributed by atoms with van der Waals surface area (Å²) < 4.78 is 5.43. The molecule has 5 heteroatoms. The number of fused-ring (bicyclic) bond motifs is 1. The Morgan fingerprint density at radius 3 is 2.62 bits per heavy atom. The molecule has 3 aliphatic rings. The van der Waals surface area contributed by atoms with Gasteiger partial charge >= 0.3 is 0 Å². The number of nitrogens with zero attached hydrogens (tertiary/aromatic N) is 3. The fraction of sp³-hybridized carbons (Fsp3) is 0.333. The predicted molar refractivity (Wildman–Crippen MR) is 98.7 cm³/mol. The molecule has 0 bridgehead atoms. The van der Waals surface area contributed by atoms with Gasteiger partial charge in [-0.05, 0) is 16.7 Å². The van der Waals surface area contributed by atoms with E-state index in [4.69, 9.17) is 4.74 Å². The van der Waals surface area contributed by atoms with Crippen LogP contribution < -0.4 is 0 Å². The largest absolute Gasteiger partial charge is 0.379 e. The highest BCUT2D eigenvalue weighted by atomic mass is 16.5. The van der Waals surface area contributed by atoms with Crippen LogP contribution in [-0.4, -0.2) is 55.0 Å². The van der Waals surface area contributed by atoms with Crippen molar-refractivity contribution in [2.45, 2.75) is 12.5 Å². The molecule has 0 amide bonds. The number of allylic oxidation sites excluding steroid dienone is 4. The maximum Gasteiger partial charge on any atom is 0.158 e. The lowest BCUT2D eigenvalue weighted by Gasteiger charge is -2.37. The predicted octanol–water partition coefficient (Wildman–Crippen LogP) is 2.35. The van der Waals surface area contributed by atoms with Gasteiger partial charge in [0.2, 0.25) is 0 Å². The van der Waals surface area contributed by atoms with Crippen molar-refractivity contribution in [2.75, 3.05) is 33.4 Å². The van der Waals surface area contributed by atoms with E-state index < -0.39 is 0 Å². The van der Waals surface area contributed by atoms with E-state index in [1.54, 1.807) is 0 Å². The van der Waals surface area contributed by atoms with E-state index in [9.17, 15) is 10.1 Å². The number of rotatable bonds is 2. The zero-order chi connectivity index (χ0) is 18.1. The van der Waals surface area contributed by atoms with E-state index in [2.05, 4.69) is 17.0 Å². The first-order valence-corrected chi connectivity index (χ1v) is 8.89.